The molecule has 28 heavy (non-hydrogen) atoms. The van der Waals surface area contributed by atoms with Crippen LogP contribution in [0.15, 0.2) is 18.2 Å². The van der Waals surface area contributed by atoms with Gasteiger partial charge in [-0.3, -0.25) is 4.79 Å². The van der Waals surface area contributed by atoms with E-state index in [-0.39, 0.29) is 18.3 Å². The number of hydrogen-bond donors (Lipinski definition) is 1. The Bertz CT molecular complexity index is 945. The number of thiophene rings is 1. The number of methoxy groups -OCH3 is 2. The highest BCUT2D eigenvalue weighted by molar-refractivity contribution is 7.16. The number of fused-ring (bicyclic) bond motifs is 1. The molecule has 0 bridgehead atoms. The summed E-state index contributed by atoms with van der Waals surface area (Å²) in [5, 5.41) is 13.0. The van der Waals surface area contributed by atoms with Gasteiger partial charge >= 0.3 is 5.97 Å². The minimum absolute atomic E-state index is 0.256. The third-order valence-corrected chi connectivity index (χ3v) is 5.72. The summed E-state index contributed by atoms with van der Waals surface area (Å²) in [4.78, 5) is 25.2. The molecule has 3 rings (SSSR count). The summed E-state index contributed by atoms with van der Waals surface area (Å²) in [7, 11) is 2.73. The van der Waals surface area contributed by atoms with Crippen LogP contribution in [-0.4, -0.2) is 32.7 Å². The number of esters is 1. The van der Waals surface area contributed by atoms with Gasteiger partial charge in [-0.1, -0.05) is 0 Å². The maximum Gasteiger partial charge on any atom is 0.343 e. The van der Waals surface area contributed by atoms with Gasteiger partial charge in [-0.25, -0.2) is 4.79 Å². The molecule has 2 aromatic rings. The molecule has 0 unspecified atom stereocenters. The maximum absolute atomic E-state index is 12.7. The van der Waals surface area contributed by atoms with Gasteiger partial charge in [-0.05, 0) is 49.4 Å². The van der Waals surface area contributed by atoms with E-state index < -0.39 is 5.97 Å². The topological polar surface area (TPSA) is 97.6 Å². The molecule has 1 heterocycles. The van der Waals surface area contributed by atoms with Crippen LogP contribution >= 0.6 is 11.3 Å². The minimum atomic E-state index is -0.542. The van der Waals surface area contributed by atoms with Crippen molar-refractivity contribution in [2.45, 2.75) is 25.7 Å². The Morgan fingerprint density at radius 1 is 1.21 bits per heavy atom. The fourth-order valence-electron chi connectivity index (χ4n) is 3.07. The van der Waals surface area contributed by atoms with Crippen molar-refractivity contribution in [2.24, 2.45) is 0 Å². The van der Waals surface area contributed by atoms with Crippen molar-refractivity contribution in [3.8, 4) is 17.6 Å². The molecule has 146 valence electrons. The number of nitrogens with zero attached hydrogens (tertiary/aromatic N) is 1. The quantitative estimate of drug-likeness (QED) is 0.747. The fourth-order valence-corrected chi connectivity index (χ4v) is 4.31. The summed E-state index contributed by atoms with van der Waals surface area (Å²) in [6.07, 6.45) is 3.98. The smallest absolute Gasteiger partial charge is 0.343 e. The van der Waals surface area contributed by atoms with Crippen LogP contribution in [0.4, 0.5) is 5.00 Å². The zero-order valence-electron chi connectivity index (χ0n) is 15.7. The molecular formula is C20H20N2O5S. The van der Waals surface area contributed by atoms with Gasteiger partial charge < -0.3 is 19.5 Å². The third-order valence-electron chi connectivity index (χ3n) is 4.51. The lowest BCUT2D eigenvalue weighted by Crippen LogP contribution is -2.15. The Morgan fingerprint density at radius 3 is 2.71 bits per heavy atom. The molecule has 0 fully saturated rings. The molecule has 0 saturated carbocycles. The number of hydrogen-bond acceptors (Lipinski definition) is 7. The number of ether oxygens (including phenoxy) is 3. The highest BCUT2D eigenvalue weighted by atomic mass is 32.1. The molecule has 1 amide bonds. The Hall–Kier alpha value is -3.05. The SMILES string of the molecule is COC(=O)COc1cc(C(=O)Nc2sc3c(c2C#N)CCCC3)ccc1OC. The number of amides is 1. The van der Waals surface area contributed by atoms with Gasteiger partial charge in [-0.2, -0.15) is 5.26 Å². The summed E-state index contributed by atoms with van der Waals surface area (Å²) in [5.41, 5.74) is 1.95. The second-order valence-corrected chi connectivity index (χ2v) is 7.32. The first-order chi connectivity index (χ1) is 13.6. The van der Waals surface area contributed by atoms with Crippen molar-refractivity contribution in [2.75, 3.05) is 26.1 Å². The van der Waals surface area contributed by atoms with E-state index in [0.29, 0.717) is 21.9 Å². The number of nitriles is 1. The van der Waals surface area contributed by atoms with Crippen LogP contribution in [0.2, 0.25) is 0 Å². The Balaban J connectivity index is 1.82. The van der Waals surface area contributed by atoms with E-state index in [1.807, 2.05) is 0 Å². The van der Waals surface area contributed by atoms with Gasteiger partial charge in [-0.15, -0.1) is 11.3 Å². The second-order valence-electron chi connectivity index (χ2n) is 6.21. The Kier molecular flexibility index (Phi) is 6.16. The molecule has 0 aliphatic heterocycles. The van der Waals surface area contributed by atoms with Crippen LogP contribution in [-0.2, 0) is 22.4 Å². The molecule has 1 N–H and O–H groups in total. The summed E-state index contributed by atoms with van der Waals surface area (Å²) in [6.45, 7) is -0.297. The highest BCUT2D eigenvalue weighted by Gasteiger charge is 2.22. The molecule has 7 nitrogen and oxygen atoms in total. The van der Waals surface area contributed by atoms with E-state index >= 15 is 0 Å². The minimum Gasteiger partial charge on any atom is -0.493 e. The van der Waals surface area contributed by atoms with Gasteiger partial charge in [0.15, 0.2) is 18.1 Å². The lowest BCUT2D eigenvalue weighted by Gasteiger charge is -2.11. The summed E-state index contributed by atoms with van der Waals surface area (Å²) in [5.74, 6) is -0.253. The van der Waals surface area contributed by atoms with Gasteiger partial charge in [0, 0.05) is 10.4 Å². The molecule has 0 spiro atoms. The maximum atomic E-state index is 12.7. The van der Waals surface area contributed by atoms with Crippen molar-refractivity contribution in [3.63, 3.8) is 0 Å². The average molecular weight is 400 g/mol. The Labute approximate surface area is 166 Å². The van der Waals surface area contributed by atoms with E-state index in [9.17, 15) is 14.9 Å². The summed E-state index contributed by atoms with van der Waals surface area (Å²) in [6, 6.07) is 6.91. The monoisotopic (exact) mass is 400 g/mol. The number of carbonyl (C=O) groups is 2. The second kappa shape index (κ2) is 8.76. The number of aryl methyl sites for hydroxylation is 1. The van der Waals surface area contributed by atoms with Crippen LogP contribution < -0.4 is 14.8 Å². The van der Waals surface area contributed by atoms with Crippen molar-refractivity contribution < 1.29 is 23.8 Å². The highest BCUT2D eigenvalue weighted by Crippen LogP contribution is 2.38. The van der Waals surface area contributed by atoms with Crippen LogP contribution in [0.3, 0.4) is 0 Å². The van der Waals surface area contributed by atoms with Gasteiger partial charge in [0.2, 0.25) is 0 Å². The summed E-state index contributed by atoms with van der Waals surface area (Å²) < 4.78 is 15.2. The van der Waals surface area contributed by atoms with Gasteiger partial charge in [0.25, 0.3) is 5.91 Å². The van der Waals surface area contributed by atoms with E-state index in [2.05, 4.69) is 16.1 Å². The number of anilines is 1. The number of carbonyl (C=O) groups excluding carboxylic acids is 2. The number of benzene rings is 1. The third kappa shape index (κ3) is 4.10. The first kappa shape index (κ1) is 19.7. The van der Waals surface area contributed by atoms with Crippen molar-refractivity contribution >= 4 is 28.2 Å². The van der Waals surface area contributed by atoms with Crippen LogP contribution in [0.1, 0.15) is 39.2 Å². The number of nitrogens with one attached hydrogen (secondary N) is 1. The van der Waals surface area contributed by atoms with E-state index in [4.69, 9.17) is 9.47 Å². The average Bonchev–Trinajstić information content (AvgIpc) is 3.08. The van der Waals surface area contributed by atoms with Crippen LogP contribution in [0.5, 0.6) is 11.5 Å². The molecule has 0 atom stereocenters. The van der Waals surface area contributed by atoms with Crippen LogP contribution in [0, 0.1) is 11.3 Å². The molecular weight excluding hydrogens is 380 g/mol. The number of rotatable bonds is 6. The normalized spacial score (nSPS) is 12.5. The zero-order chi connectivity index (χ0) is 20.1. The molecule has 1 aliphatic rings. The predicted octanol–water partition coefficient (Wildman–Crippen LogP) is 3.31. The molecule has 8 heteroatoms. The summed E-state index contributed by atoms with van der Waals surface area (Å²) >= 11 is 1.47. The van der Waals surface area contributed by atoms with E-state index in [1.165, 1.54) is 36.5 Å². The van der Waals surface area contributed by atoms with Crippen molar-refractivity contribution in [3.05, 3.63) is 39.8 Å². The first-order valence-corrected chi connectivity index (χ1v) is 9.62. The van der Waals surface area contributed by atoms with E-state index in [0.717, 1.165) is 31.2 Å². The largest absolute Gasteiger partial charge is 0.493 e. The predicted molar refractivity (Wildman–Crippen MR) is 104 cm³/mol. The molecule has 1 aromatic carbocycles. The van der Waals surface area contributed by atoms with Gasteiger partial charge in [0.05, 0.1) is 19.8 Å². The zero-order valence-corrected chi connectivity index (χ0v) is 16.5. The lowest BCUT2D eigenvalue weighted by molar-refractivity contribution is -0.142. The lowest BCUT2D eigenvalue weighted by atomic mass is 9.96. The molecule has 1 aliphatic carbocycles. The van der Waals surface area contributed by atoms with Gasteiger partial charge in [0.1, 0.15) is 11.1 Å². The molecule has 1 aromatic heterocycles. The van der Waals surface area contributed by atoms with E-state index in [1.54, 1.807) is 12.1 Å². The fraction of sp³-hybridized carbons (Fsp3) is 0.350. The van der Waals surface area contributed by atoms with Crippen molar-refractivity contribution in [1.29, 1.82) is 5.26 Å². The standard InChI is InChI=1S/C20H20N2O5S/c1-25-15-8-7-12(9-16(15)27-11-18(23)26-2)19(24)22-20-14(10-21)13-5-3-4-6-17(13)28-20/h7-9H,3-6,11H2,1-2H3,(H,22,24). The Morgan fingerprint density at radius 2 is 2.00 bits per heavy atom. The van der Waals surface area contributed by atoms with Crippen LogP contribution in [0.25, 0.3) is 0 Å². The first-order valence-electron chi connectivity index (χ1n) is 8.81. The molecule has 0 radical (unpaired) electrons. The molecule has 0 saturated heterocycles. The van der Waals surface area contributed by atoms with Crippen molar-refractivity contribution in [1.82, 2.24) is 0 Å².